The summed E-state index contributed by atoms with van der Waals surface area (Å²) in [5.41, 5.74) is 4.56. The van der Waals surface area contributed by atoms with Crippen molar-refractivity contribution in [3.8, 4) is 16.9 Å². The van der Waals surface area contributed by atoms with E-state index in [1.165, 1.54) is 6.92 Å². The normalized spacial score (nSPS) is 10.8. The highest BCUT2D eigenvalue weighted by Gasteiger charge is 2.20. The highest BCUT2D eigenvalue weighted by molar-refractivity contribution is 6.32. The van der Waals surface area contributed by atoms with Crippen molar-refractivity contribution in [2.24, 2.45) is 0 Å². The second-order valence-electron chi connectivity index (χ2n) is 8.72. The number of aryl methyl sites for hydroxylation is 4. The molecule has 8 heteroatoms. The number of hydrogen-bond donors (Lipinski definition) is 2. The Kier molecular flexibility index (Phi) is 6.86. The molecule has 4 rings (SSSR count). The molecule has 0 aliphatic rings. The van der Waals surface area contributed by atoms with Crippen molar-refractivity contribution in [3.05, 3.63) is 86.2 Å². The Balaban J connectivity index is 1.76. The molecule has 0 saturated heterocycles. The number of fused-ring (bicyclic) bond motifs is 1. The first-order chi connectivity index (χ1) is 17.0. The molecule has 7 nitrogen and oxygen atoms in total. The highest BCUT2D eigenvalue weighted by atomic mass is 35.5. The Labute approximate surface area is 213 Å². The highest BCUT2D eigenvalue weighted by Crippen LogP contribution is 2.36. The Morgan fingerprint density at radius 2 is 1.53 bits per heavy atom. The number of carbonyl (C=O) groups excluding carboxylic acids is 2. The second kappa shape index (κ2) is 9.87. The fourth-order valence-electron chi connectivity index (χ4n) is 4.06. The molecule has 0 aliphatic carbocycles. The van der Waals surface area contributed by atoms with Crippen LogP contribution in [0.2, 0.25) is 5.02 Å². The minimum absolute atomic E-state index is 0.00579. The molecular formula is C28H25ClN2O5. The monoisotopic (exact) mass is 504 g/mol. The van der Waals surface area contributed by atoms with Gasteiger partial charge in [-0.05, 0) is 74.2 Å². The standard InChI is InChI=1S/C28H25ClN2O5/c1-14-6-8-19(9-7-14)24-21-13-22(29)15(2)12-23(21)36-27(33)25(24)31-28(34)30-20-10-16(3)26(17(4)11-20)35-18(5)32/h6-13H,1-5H3,(H2,30,31,34). The van der Waals surface area contributed by atoms with Gasteiger partial charge in [0.15, 0.2) is 0 Å². The molecule has 2 amide bonds. The van der Waals surface area contributed by atoms with Crippen molar-refractivity contribution in [2.75, 3.05) is 10.6 Å². The van der Waals surface area contributed by atoms with Crippen LogP contribution in [0, 0.1) is 27.7 Å². The molecule has 0 bridgehead atoms. The Hall–Kier alpha value is -4.10. The molecule has 0 unspecified atom stereocenters. The van der Waals surface area contributed by atoms with Crippen LogP contribution < -0.4 is 21.0 Å². The molecule has 3 aromatic carbocycles. The summed E-state index contributed by atoms with van der Waals surface area (Å²) in [5.74, 6) is 0.0130. The number of benzene rings is 3. The number of hydrogen-bond acceptors (Lipinski definition) is 5. The van der Waals surface area contributed by atoms with Crippen molar-refractivity contribution in [1.29, 1.82) is 0 Å². The van der Waals surface area contributed by atoms with Crippen molar-refractivity contribution >= 4 is 45.9 Å². The van der Waals surface area contributed by atoms with Crippen molar-refractivity contribution in [2.45, 2.75) is 34.6 Å². The third kappa shape index (κ3) is 5.11. The molecule has 0 spiro atoms. The molecule has 1 aromatic heterocycles. The van der Waals surface area contributed by atoms with Gasteiger partial charge in [-0.2, -0.15) is 0 Å². The lowest BCUT2D eigenvalue weighted by Crippen LogP contribution is -2.24. The summed E-state index contributed by atoms with van der Waals surface area (Å²) in [7, 11) is 0. The number of urea groups is 1. The number of rotatable bonds is 4. The molecule has 184 valence electrons. The van der Waals surface area contributed by atoms with Gasteiger partial charge in [0.05, 0.1) is 0 Å². The Morgan fingerprint density at radius 1 is 0.889 bits per heavy atom. The molecule has 4 aromatic rings. The van der Waals surface area contributed by atoms with E-state index in [0.717, 1.165) is 16.7 Å². The molecule has 2 N–H and O–H groups in total. The van der Waals surface area contributed by atoms with Gasteiger partial charge >= 0.3 is 17.6 Å². The fraction of sp³-hybridized carbons (Fsp3) is 0.179. The zero-order valence-corrected chi connectivity index (χ0v) is 21.3. The fourth-order valence-corrected chi connectivity index (χ4v) is 4.22. The van der Waals surface area contributed by atoms with Crippen molar-refractivity contribution in [1.82, 2.24) is 0 Å². The van der Waals surface area contributed by atoms with E-state index in [-0.39, 0.29) is 5.69 Å². The summed E-state index contributed by atoms with van der Waals surface area (Å²) in [6.45, 7) is 8.66. The van der Waals surface area contributed by atoms with Crippen LogP contribution in [-0.4, -0.2) is 12.0 Å². The first-order valence-corrected chi connectivity index (χ1v) is 11.6. The zero-order valence-electron chi connectivity index (χ0n) is 20.5. The van der Waals surface area contributed by atoms with Crippen molar-refractivity contribution in [3.63, 3.8) is 0 Å². The van der Waals surface area contributed by atoms with Gasteiger partial charge in [0.1, 0.15) is 17.0 Å². The lowest BCUT2D eigenvalue weighted by atomic mass is 9.98. The van der Waals surface area contributed by atoms with E-state index in [2.05, 4.69) is 10.6 Å². The van der Waals surface area contributed by atoms with Crippen LogP contribution >= 0.6 is 11.6 Å². The summed E-state index contributed by atoms with van der Waals surface area (Å²) in [6.07, 6.45) is 0. The summed E-state index contributed by atoms with van der Waals surface area (Å²) < 4.78 is 10.8. The molecule has 1 heterocycles. The summed E-state index contributed by atoms with van der Waals surface area (Å²) in [4.78, 5) is 37.4. The summed E-state index contributed by atoms with van der Waals surface area (Å²) in [6, 6.07) is 13.8. The Morgan fingerprint density at radius 3 is 2.14 bits per heavy atom. The topological polar surface area (TPSA) is 97.6 Å². The molecule has 0 aliphatic heterocycles. The summed E-state index contributed by atoms with van der Waals surface area (Å²) in [5, 5.41) is 6.52. The van der Waals surface area contributed by atoms with Crippen LogP contribution in [-0.2, 0) is 4.79 Å². The van der Waals surface area contributed by atoms with Crippen LogP contribution in [0.15, 0.2) is 57.7 Å². The first kappa shape index (κ1) is 25.0. The van der Waals surface area contributed by atoms with Crippen LogP contribution in [0.25, 0.3) is 22.1 Å². The number of anilines is 2. The average molecular weight is 505 g/mol. The minimum atomic E-state index is -0.687. The van der Waals surface area contributed by atoms with Gasteiger partial charge in [-0.25, -0.2) is 9.59 Å². The van der Waals surface area contributed by atoms with Gasteiger partial charge in [-0.15, -0.1) is 0 Å². The van der Waals surface area contributed by atoms with Gasteiger partial charge in [0.25, 0.3) is 0 Å². The van der Waals surface area contributed by atoms with Crippen LogP contribution in [0.1, 0.15) is 29.2 Å². The van der Waals surface area contributed by atoms with Crippen LogP contribution in [0.5, 0.6) is 5.75 Å². The largest absolute Gasteiger partial charge is 0.426 e. The zero-order chi connectivity index (χ0) is 26.1. The minimum Gasteiger partial charge on any atom is -0.426 e. The van der Waals surface area contributed by atoms with E-state index >= 15 is 0 Å². The van der Waals surface area contributed by atoms with Gasteiger partial charge in [-0.1, -0.05) is 41.4 Å². The van der Waals surface area contributed by atoms with Gasteiger partial charge in [0, 0.05) is 28.6 Å². The molecule has 0 atom stereocenters. The van der Waals surface area contributed by atoms with E-state index in [1.54, 1.807) is 38.1 Å². The maximum absolute atomic E-state index is 13.0. The lowest BCUT2D eigenvalue weighted by Gasteiger charge is -2.16. The van der Waals surface area contributed by atoms with E-state index < -0.39 is 17.6 Å². The predicted molar refractivity (Wildman–Crippen MR) is 142 cm³/mol. The van der Waals surface area contributed by atoms with Crippen LogP contribution in [0.3, 0.4) is 0 Å². The number of halogens is 1. The molecule has 0 saturated carbocycles. The SMILES string of the molecule is CC(=O)Oc1c(C)cc(NC(=O)Nc2c(-c3ccc(C)cc3)c3cc(Cl)c(C)cc3oc2=O)cc1C. The van der Waals surface area contributed by atoms with Gasteiger partial charge < -0.3 is 19.8 Å². The maximum Gasteiger partial charge on any atom is 0.360 e. The van der Waals surface area contributed by atoms with Crippen molar-refractivity contribution < 1.29 is 18.7 Å². The number of esters is 1. The third-order valence-electron chi connectivity index (χ3n) is 5.73. The number of carbonyl (C=O) groups is 2. The van der Waals surface area contributed by atoms with E-state index in [9.17, 15) is 14.4 Å². The lowest BCUT2D eigenvalue weighted by molar-refractivity contribution is -0.131. The predicted octanol–water partition coefficient (Wildman–Crippen LogP) is 6.92. The molecule has 36 heavy (non-hydrogen) atoms. The molecular weight excluding hydrogens is 480 g/mol. The third-order valence-corrected chi connectivity index (χ3v) is 6.14. The average Bonchev–Trinajstić information content (AvgIpc) is 2.79. The quantitative estimate of drug-likeness (QED) is 0.179. The smallest absolute Gasteiger partial charge is 0.360 e. The summed E-state index contributed by atoms with van der Waals surface area (Å²) >= 11 is 6.40. The molecule has 0 fully saturated rings. The van der Waals surface area contributed by atoms with E-state index in [1.807, 2.05) is 38.1 Å². The van der Waals surface area contributed by atoms with E-state index in [4.69, 9.17) is 20.8 Å². The number of amides is 2. The maximum atomic E-state index is 13.0. The Bertz CT molecular complexity index is 1550. The van der Waals surface area contributed by atoms with Gasteiger partial charge in [-0.3, -0.25) is 4.79 Å². The van der Waals surface area contributed by atoms with Gasteiger partial charge in [0.2, 0.25) is 0 Å². The molecule has 0 radical (unpaired) electrons. The number of ether oxygens (including phenoxy) is 1. The van der Waals surface area contributed by atoms with E-state index in [0.29, 0.717) is 44.1 Å². The van der Waals surface area contributed by atoms with Crippen LogP contribution in [0.4, 0.5) is 16.2 Å². The first-order valence-electron chi connectivity index (χ1n) is 11.2. The second-order valence-corrected chi connectivity index (χ2v) is 9.12. The number of nitrogens with one attached hydrogen (secondary N) is 2.